The molecule has 2 nitrogen and oxygen atoms in total. The maximum absolute atomic E-state index is 4.13. The van der Waals surface area contributed by atoms with Crippen LogP contribution in [0.3, 0.4) is 0 Å². The summed E-state index contributed by atoms with van der Waals surface area (Å²) >= 11 is 0. The van der Waals surface area contributed by atoms with Crippen LogP contribution in [0.25, 0.3) is 11.4 Å². The molecule has 2 rings (SSSR count). The van der Waals surface area contributed by atoms with Crippen molar-refractivity contribution in [3.05, 3.63) is 36.7 Å². The fourth-order valence-electron chi connectivity index (χ4n) is 0.950. The van der Waals surface area contributed by atoms with Gasteiger partial charge in [-0.3, -0.25) is 0 Å². The molecule has 0 radical (unpaired) electrons. The van der Waals surface area contributed by atoms with E-state index in [0.717, 1.165) is 11.4 Å². The van der Waals surface area contributed by atoms with Gasteiger partial charge in [-0.1, -0.05) is 12.1 Å². The second-order valence-corrected chi connectivity index (χ2v) is 2.11. The van der Waals surface area contributed by atoms with E-state index >= 15 is 0 Å². The fourth-order valence-corrected chi connectivity index (χ4v) is 0.950. The molecule has 0 atom stereocenters. The van der Waals surface area contributed by atoms with E-state index in [9.17, 15) is 0 Å². The molecular formula is C8H7N2-. The first-order valence-electron chi connectivity index (χ1n) is 3.18. The number of nitrogens with zero attached hydrogens (tertiary/aromatic N) is 1. The minimum absolute atomic E-state index is 1.00. The Balaban J connectivity index is 2.48. The molecule has 0 fully saturated rings. The number of hydrogen-bond acceptors (Lipinski definition) is 0. The molecule has 0 saturated heterocycles. The fraction of sp³-hybridized carbons (Fsp3) is 0. The van der Waals surface area contributed by atoms with Crippen molar-refractivity contribution in [1.82, 2.24) is 9.97 Å². The molecule has 0 saturated carbocycles. The first-order valence-corrected chi connectivity index (χ1v) is 3.18. The van der Waals surface area contributed by atoms with Gasteiger partial charge in [-0.15, -0.1) is 5.69 Å². The van der Waals surface area contributed by atoms with Crippen molar-refractivity contribution < 1.29 is 0 Å². The van der Waals surface area contributed by atoms with Gasteiger partial charge < -0.3 is 9.97 Å². The average Bonchev–Trinajstić information content (AvgIpc) is 2.59. The second-order valence-electron chi connectivity index (χ2n) is 2.11. The van der Waals surface area contributed by atoms with Crippen LogP contribution in [0.5, 0.6) is 0 Å². The van der Waals surface area contributed by atoms with Gasteiger partial charge in [-0.25, -0.2) is 0 Å². The van der Waals surface area contributed by atoms with E-state index in [4.69, 9.17) is 0 Å². The third-order valence-corrected chi connectivity index (χ3v) is 1.43. The van der Waals surface area contributed by atoms with Crippen molar-refractivity contribution in [2.75, 3.05) is 0 Å². The van der Waals surface area contributed by atoms with Crippen LogP contribution in [-0.2, 0) is 0 Å². The summed E-state index contributed by atoms with van der Waals surface area (Å²) in [6.07, 6.45) is 3.68. The first-order chi connectivity index (χ1) is 4.97. The molecule has 0 bridgehead atoms. The van der Waals surface area contributed by atoms with E-state index in [1.807, 2.05) is 30.5 Å². The summed E-state index contributed by atoms with van der Waals surface area (Å²) in [5.41, 5.74) is 2.08. The predicted octanol–water partition coefficient (Wildman–Crippen LogP) is 1.64. The van der Waals surface area contributed by atoms with Gasteiger partial charge in [-0.05, 0) is 12.1 Å². The van der Waals surface area contributed by atoms with Crippen molar-refractivity contribution in [2.45, 2.75) is 0 Å². The van der Waals surface area contributed by atoms with E-state index < -0.39 is 0 Å². The number of aromatic nitrogens is 2. The van der Waals surface area contributed by atoms with Gasteiger partial charge in [0.1, 0.15) is 0 Å². The van der Waals surface area contributed by atoms with Crippen LogP contribution >= 0.6 is 0 Å². The Morgan fingerprint density at radius 2 is 2.20 bits per heavy atom. The molecular weight excluding hydrogens is 124 g/mol. The normalized spacial score (nSPS) is 10.0. The highest BCUT2D eigenvalue weighted by molar-refractivity contribution is 5.53. The smallest absolute Gasteiger partial charge is 0.0230 e. The maximum atomic E-state index is 4.13. The summed E-state index contributed by atoms with van der Waals surface area (Å²) in [6, 6.07) is 7.87. The molecule has 10 heavy (non-hydrogen) atoms. The van der Waals surface area contributed by atoms with Crippen molar-refractivity contribution in [1.29, 1.82) is 0 Å². The number of aromatic amines is 1. The Bertz CT molecular complexity index is 247. The molecule has 2 aromatic heterocycles. The van der Waals surface area contributed by atoms with E-state index in [-0.39, 0.29) is 0 Å². The Labute approximate surface area is 58.9 Å². The van der Waals surface area contributed by atoms with E-state index in [2.05, 4.69) is 9.97 Å². The van der Waals surface area contributed by atoms with Crippen LogP contribution in [0, 0.1) is 0 Å². The van der Waals surface area contributed by atoms with E-state index in [1.165, 1.54) is 0 Å². The molecule has 0 unspecified atom stereocenters. The van der Waals surface area contributed by atoms with Crippen molar-refractivity contribution >= 4 is 0 Å². The average molecular weight is 131 g/mol. The molecule has 0 aliphatic heterocycles. The van der Waals surface area contributed by atoms with Crippen LogP contribution in [0.15, 0.2) is 36.7 Å². The minimum atomic E-state index is 1.00. The molecule has 2 heterocycles. The lowest BCUT2D eigenvalue weighted by atomic mass is 10.3. The van der Waals surface area contributed by atoms with Crippen molar-refractivity contribution in [3.63, 3.8) is 0 Å². The third-order valence-electron chi connectivity index (χ3n) is 1.43. The zero-order valence-electron chi connectivity index (χ0n) is 5.41. The van der Waals surface area contributed by atoms with Crippen LogP contribution < -0.4 is 4.98 Å². The van der Waals surface area contributed by atoms with Crippen LogP contribution in [0.4, 0.5) is 0 Å². The van der Waals surface area contributed by atoms with Gasteiger partial charge in [0.15, 0.2) is 0 Å². The van der Waals surface area contributed by atoms with Gasteiger partial charge in [0.2, 0.25) is 0 Å². The quantitative estimate of drug-likeness (QED) is 0.626. The summed E-state index contributed by atoms with van der Waals surface area (Å²) in [6.45, 7) is 0. The highest BCUT2D eigenvalue weighted by atomic mass is 14.8. The lowest BCUT2D eigenvalue weighted by molar-refractivity contribution is 1.31. The Morgan fingerprint density at radius 1 is 1.20 bits per heavy atom. The molecule has 2 aromatic rings. The number of hydrogen-bond donors (Lipinski definition) is 1. The standard InChI is InChI=1S/C8H7N2/c1-3-7(9-5-1)8-4-2-6-10-8/h1-6,9H/q-1. The van der Waals surface area contributed by atoms with Gasteiger partial charge in [0, 0.05) is 11.9 Å². The third kappa shape index (κ3) is 0.739. The number of H-pyrrole nitrogens is 1. The van der Waals surface area contributed by atoms with E-state index in [1.54, 1.807) is 6.20 Å². The van der Waals surface area contributed by atoms with Crippen molar-refractivity contribution in [3.8, 4) is 11.4 Å². The summed E-state index contributed by atoms with van der Waals surface area (Å²) in [4.78, 5) is 7.20. The molecule has 0 aliphatic rings. The second kappa shape index (κ2) is 2.06. The molecule has 50 valence electrons. The predicted molar refractivity (Wildman–Crippen MR) is 39.5 cm³/mol. The number of nitrogens with one attached hydrogen (secondary N) is 1. The van der Waals surface area contributed by atoms with Crippen LogP contribution in [-0.4, -0.2) is 4.98 Å². The van der Waals surface area contributed by atoms with Gasteiger partial charge in [0.25, 0.3) is 0 Å². The molecule has 1 N–H and O–H groups in total. The Morgan fingerprint density at radius 3 is 2.80 bits per heavy atom. The summed E-state index contributed by atoms with van der Waals surface area (Å²) in [5.74, 6) is 0. The molecule has 0 aromatic carbocycles. The SMILES string of the molecule is c1c[n-]c(-c2ccc[nH]2)c1. The van der Waals surface area contributed by atoms with Gasteiger partial charge >= 0.3 is 0 Å². The zero-order valence-corrected chi connectivity index (χ0v) is 5.41. The maximum Gasteiger partial charge on any atom is 0.0230 e. The molecule has 0 spiro atoms. The van der Waals surface area contributed by atoms with Crippen LogP contribution in [0.2, 0.25) is 0 Å². The summed E-state index contributed by atoms with van der Waals surface area (Å²) in [5, 5.41) is 0. The summed E-state index contributed by atoms with van der Waals surface area (Å²) in [7, 11) is 0. The van der Waals surface area contributed by atoms with Gasteiger partial charge in [0.05, 0.1) is 0 Å². The molecule has 2 heteroatoms. The molecule has 0 aliphatic carbocycles. The lowest BCUT2D eigenvalue weighted by Crippen LogP contribution is -1.75. The Hall–Kier alpha value is -1.44. The topological polar surface area (TPSA) is 29.9 Å². The zero-order chi connectivity index (χ0) is 6.81. The largest absolute Gasteiger partial charge is 0.662 e. The molecule has 0 amide bonds. The lowest BCUT2D eigenvalue weighted by Gasteiger charge is -2.00. The van der Waals surface area contributed by atoms with Crippen LogP contribution in [0.1, 0.15) is 0 Å². The Kier molecular flexibility index (Phi) is 1.10. The minimum Gasteiger partial charge on any atom is -0.662 e. The monoisotopic (exact) mass is 131 g/mol. The van der Waals surface area contributed by atoms with Crippen molar-refractivity contribution in [2.24, 2.45) is 0 Å². The van der Waals surface area contributed by atoms with E-state index in [0.29, 0.717) is 0 Å². The van der Waals surface area contributed by atoms with Gasteiger partial charge in [-0.2, -0.15) is 6.20 Å². The number of rotatable bonds is 1. The highest BCUT2D eigenvalue weighted by Gasteiger charge is 1.86. The first kappa shape index (κ1) is 5.35. The highest BCUT2D eigenvalue weighted by Crippen LogP contribution is 2.11. The summed E-state index contributed by atoms with van der Waals surface area (Å²) < 4.78 is 0.